The first-order valence-electron chi connectivity index (χ1n) is 10.7. The second kappa shape index (κ2) is 7.77. The Morgan fingerprint density at radius 1 is 1.16 bits per heavy atom. The molecule has 8 nitrogen and oxygen atoms in total. The van der Waals surface area contributed by atoms with Gasteiger partial charge in [0.1, 0.15) is 5.82 Å². The van der Waals surface area contributed by atoms with Crippen LogP contribution in [0.2, 0.25) is 0 Å². The molecule has 2 aliphatic rings. The van der Waals surface area contributed by atoms with Gasteiger partial charge in [-0.3, -0.25) is 4.79 Å². The van der Waals surface area contributed by atoms with Gasteiger partial charge in [-0.05, 0) is 37.1 Å². The summed E-state index contributed by atoms with van der Waals surface area (Å²) < 4.78 is 6.14. The molecule has 3 N–H and O–H groups in total. The van der Waals surface area contributed by atoms with E-state index in [1.807, 2.05) is 30.3 Å². The predicted molar refractivity (Wildman–Crippen MR) is 120 cm³/mol. The van der Waals surface area contributed by atoms with Crippen molar-refractivity contribution in [3.63, 3.8) is 0 Å². The van der Waals surface area contributed by atoms with Crippen LogP contribution in [0.5, 0.6) is 0 Å². The molecule has 1 saturated heterocycles. The number of nitrogen functional groups attached to an aromatic ring is 1. The summed E-state index contributed by atoms with van der Waals surface area (Å²) in [5, 5.41) is 3.37. The summed E-state index contributed by atoms with van der Waals surface area (Å²) in [5.41, 5.74) is 8.91. The van der Waals surface area contributed by atoms with Gasteiger partial charge in [-0.2, -0.15) is 9.97 Å². The maximum absolute atomic E-state index is 12.0. The number of carbonyl (C=O) groups is 1. The van der Waals surface area contributed by atoms with E-state index in [-0.39, 0.29) is 11.5 Å². The number of anilines is 2. The monoisotopic (exact) mass is 418 g/mol. The average molecular weight is 419 g/mol. The van der Waals surface area contributed by atoms with E-state index in [1.54, 1.807) is 13.1 Å². The summed E-state index contributed by atoms with van der Waals surface area (Å²) in [4.78, 5) is 28.3. The Morgan fingerprint density at radius 2 is 2.00 bits per heavy atom. The van der Waals surface area contributed by atoms with E-state index in [0.717, 1.165) is 42.6 Å². The lowest BCUT2D eigenvalue weighted by molar-refractivity contribution is -0.0505. The Kier molecular flexibility index (Phi) is 4.94. The van der Waals surface area contributed by atoms with Crippen LogP contribution in [0.3, 0.4) is 0 Å². The Bertz CT molecular complexity index is 1140. The molecule has 1 spiro atoms. The molecule has 1 aliphatic heterocycles. The number of nitrogens with zero attached hydrogens (tertiary/aromatic N) is 4. The average Bonchev–Trinajstić information content (AvgIpc) is 3.25. The van der Waals surface area contributed by atoms with Gasteiger partial charge in [-0.15, -0.1) is 0 Å². The van der Waals surface area contributed by atoms with Crippen LogP contribution in [0.4, 0.5) is 11.8 Å². The van der Waals surface area contributed by atoms with Crippen molar-refractivity contribution in [1.29, 1.82) is 0 Å². The van der Waals surface area contributed by atoms with Crippen LogP contribution in [-0.2, 0) is 4.74 Å². The van der Waals surface area contributed by atoms with Gasteiger partial charge in [0.15, 0.2) is 5.65 Å². The maximum atomic E-state index is 12.0. The summed E-state index contributed by atoms with van der Waals surface area (Å²) in [5.74, 6) is 0.887. The SMILES string of the molecule is CNC(=O)c1cccc(-c2ccc3c(N)nc(N4CCOC5(CCCC5)C4)nc3n2)c1. The fourth-order valence-electron chi connectivity index (χ4n) is 4.62. The lowest BCUT2D eigenvalue weighted by atomic mass is 10.00. The van der Waals surface area contributed by atoms with Crippen LogP contribution in [0, 0.1) is 0 Å². The molecule has 2 fully saturated rings. The van der Waals surface area contributed by atoms with Crippen LogP contribution in [0.15, 0.2) is 36.4 Å². The van der Waals surface area contributed by atoms with Gasteiger partial charge in [0.05, 0.1) is 23.3 Å². The van der Waals surface area contributed by atoms with E-state index in [4.69, 9.17) is 20.4 Å². The molecule has 8 heteroatoms. The third-order valence-electron chi connectivity index (χ3n) is 6.27. The number of carbonyl (C=O) groups excluding carboxylic acids is 1. The number of pyridine rings is 1. The van der Waals surface area contributed by atoms with Gasteiger partial charge in [-0.25, -0.2) is 4.98 Å². The van der Waals surface area contributed by atoms with Crippen molar-refractivity contribution in [3.05, 3.63) is 42.0 Å². The number of rotatable bonds is 3. The molecule has 160 valence electrons. The summed E-state index contributed by atoms with van der Waals surface area (Å²) in [6, 6.07) is 11.1. The van der Waals surface area contributed by atoms with Crippen LogP contribution in [0.25, 0.3) is 22.3 Å². The van der Waals surface area contributed by atoms with Crippen LogP contribution < -0.4 is 16.0 Å². The molecule has 3 heterocycles. The largest absolute Gasteiger partial charge is 0.383 e. The molecule has 1 aliphatic carbocycles. The highest BCUT2D eigenvalue weighted by molar-refractivity contribution is 5.95. The fourth-order valence-corrected chi connectivity index (χ4v) is 4.62. The quantitative estimate of drug-likeness (QED) is 0.674. The Labute approximate surface area is 180 Å². The zero-order chi connectivity index (χ0) is 21.4. The second-order valence-corrected chi connectivity index (χ2v) is 8.30. The summed E-state index contributed by atoms with van der Waals surface area (Å²) in [7, 11) is 1.62. The van der Waals surface area contributed by atoms with E-state index in [0.29, 0.717) is 29.6 Å². The number of nitrogens with one attached hydrogen (secondary N) is 1. The molecular weight excluding hydrogens is 392 g/mol. The standard InChI is InChI=1S/C23H26N6O2/c1-25-21(30)16-6-4-5-15(13-16)18-8-7-17-19(24)27-22(28-20(17)26-18)29-11-12-31-23(14-29)9-2-3-10-23/h4-8,13H,2-3,9-12,14H2,1H3,(H,25,30)(H2,24,26,27,28). The van der Waals surface area contributed by atoms with Gasteiger partial charge in [0, 0.05) is 31.3 Å². The lowest BCUT2D eigenvalue weighted by Gasteiger charge is -2.40. The van der Waals surface area contributed by atoms with Gasteiger partial charge in [0.2, 0.25) is 5.95 Å². The minimum atomic E-state index is -0.135. The lowest BCUT2D eigenvalue weighted by Crippen LogP contribution is -2.51. The zero-order valence-electron chi connectivity index (χ0n) is 17.6. The summed E-state index contributed by atoms with van der Waals surface area (Å²) in [6.45, 7) is 2.19. The molecule has 0 atom stereocenters. The van der Waals surface area contributed by atoms with Gasteiger partial charge >= 0.3 is 0 Å². The number of benzene rings is 1. The Balaban J connectivity index is 1.51. The number of amides is 1. The van der Waals surface area contributed by atoms with Crippen molar-refractivity contribution in [2.24, 2.45) is 0 Å². The normalized spacial score (nSPS) is 17.9. The zero-order valence-corrected chi connectivity index (χ0v) is 17.6. The van der Waals surface area contributed by atoms with Crippen LogP contribution >= 0.6 is 0 Å². The number of ether oxygens (including phenoxy) is 1. The van der Waals surface area contributed by atoms with Gasteiger partial charge in [0.25, 0.3) is 5.91 Å². The first-order chi connectivity index (χ1) is 15.1. The fraction of sp³-hybridized carbons (Fsp3) is 0.391. The molecule has 0 bridgehead atoms. The molecule has 3 aromatic rings. The minimum Gasteiger partial charge on any atom is -0.383 e. The third kappa shape index (κ3) is 3.67. The van der Waals surface area contributed by atoms with Crippen molar-refractivity contribution in [1.82, 2.24) is 20.3 Å². The molecule has 0 radical (unpaired) electrons. The van der Waals surface area contributed by atoms with Crippen molar-refractivity contribution < 1.29 is 9.53 Å². The summed E-state index contributed by atoms with van der Waals surface area (Å²) in [6.07, 6.45) is 4.57. The van der Waals surface area contributed by atoms with Crippen molar-refractivity contribution >= 4 is 28.7 Å². The van der Waals surface area contributed by atoms with Crippen molar-refractivity contribution in [2.45, 2.75) is 31.3 Å². The maximum Gasteiger partial charge on any atom is 0.251 e. The molecule has 5 rings (SSSR count). The van der Waals surface area contributed by atoms with E-state index in [2.05, 4.69) is 15.2 Å². The first kappa shape index (κ1) is 19.7. The smallest absolute Gasteiger partial charge is 0.251 e. The predicted octanol–water partition coefficient (Wildman–Crippen LogP) is 2.78. The van der Waals surface area contributed by atoms with Crippen LogP contribution in [0.1, 0.15) is 36.0 Å². The molecule has 2 aromatic heterocycles. The molecular formula is C23H26N6O2. The number of hydrogen-bond donors (Lipinski definition) is 2. The molecule has 1 saturated carbocycles. The molecule has 1 aromatic carbocycles. The number of morpholine rings is 1. The summed E-state index contributed by atoms with van der Waals surface area (Å²) >= 11 is 0. The van der Waals surface area contributed by atoms with Crippen molar-refractivity contribution in [3.8, 4) is 11.3 Å². The van der Waals surface area contributed by atoms with Crippen LogP contribution in [-0.4, -0.2) is 53.2 Å². The van der Waals surface area contributed by atoms with E-state index >= 15 is 0 Å². The molecule has 0 unspecified atom stereocenters. The number of fused-ring (bicyclic) bond motifs is 1. The highest BCUT2D eigenvalue weighted by Gasteiger charge is 2.40. The Morgan fingerprint density at radius 3 is 2.81 bits per heavy atom. The topological polar surface area (TPSA) is 106 Å². The Hall–Kier alpha value is -3.26. The number of nitrogens with two attached hydrogens (primary N) is 1. The number of hydrogen-bond acceptors (Lipinski definition) is 7. The molecule has 31 heavy (non-hydrogen) atoms. The second-order valence-electron chi connectivity index (χ2n) is 8.30. The third-order valence-corrected chi connectivity index (χ3v) is 6.27. The highest BCUT2D eigenvalue weighted by Crippen LogP contribution is 2.37. The van der Waals surface area contributed by atoms with E-state index in [9.17, 15) is 4.79 Å². The first-order valence-corrected chi connectivity index (χ1v) is 10.7. The van der Waals surface area contributed by atoms with E-state index < -0.39 is 0 Å². The number of aromatic nitrogens is 3. The van der Waals surface area contributed by atoms with Gasteiger partial charge in [-0.1, -0.05) is 25.0 Å². The van der Waals surface area contributed by atoms with Crippen molar-refractivity contribution in [2.75, 3.05) is 37.4 Å². The van der Waals surface area contributed by atoms with Gasteiger partial charge < -0.3 is 20.7 Å². The molecule has 1 amide bonds. The minimum absolute atomic E-state index is 0.0824. The highest BCUT2D eigenvalue weighted by atomic mass is 16.5. The van der Waals surface area contributed by atoms with E-state index in [1.165, 1.54) is 12.8 Å².